The zero-order chi connectivity index (χ0) is 12.5. The molecule has 92 valence electrons. The Morgan fingerprint density at radius 3 is 2.59 bits per heavy atom. The van der Waals surface area contributed by atoms with Gasteiger partial charge in [-0.1, -0.05) is 6.08 Å². The van der Waals surface area contributed by atoms with Crippen LogP contribution in [0.5, 0.6) is 5.75 Å². The fraction of sp³-hybridized carbons (Fsp3) is 0.357. The first-order valence-electron chi connectivity index (χ1n) is 5.81. The lowest BCUT2D eigenvalue weighted by molar-refractivity contribution is 0.0498. The van der Waals surface area contributed by atoms with Gasteiger partial charge < -0.3 is 9.84 Å². The van der Waals surface area contributed by atoms with Crippen LogP contribution in [0.1, 0.15) is 36.0 Å². The molecule has 0 aliphatic rings. The number of aromatic hydroxyl groups is 1. The summed E-state index contributed by atoms with van der Waals surface area (Å²) >= 11 is 0. The Hall–Kier alpha value is -1.77. The SMILES string of the molecule is C=CCCCCCOC(=O)c1ccc(O)cc1. The highest BCUT2D eigenvalue weighted by Crippen LogP contribution is 2.11. The lowest BCUT2D eigenvalue weighted by atomic mass is 10.2. The Kier molecular flexibility index (Phi) is 5.86. The molecule has 0 radical (unpaired) electrons. The summed E-state index contributed by atoms with van der Waals surface area (Å²) in [5.41, 5.74) is 0.467. The largest absolute Gasteiger partial charge is 0.508 e. The number of hydrogen-bond acceptors (Lipinski definition) is 3. The third-order valence-electron chi connectivity index (χ3n) is 2.39. The molecule has 0 spiro atoms. The highest BCUT2D eigenvalue weighted by molar-refractivity contribution is 5.89. The maximum atomic E-state index is 11.5. The lowest BCUT2D eigenvalue weighted by Crippen LogP contribution is -2.06. The number of carbonyl (C=O) groups is 1. The van der Waals surface area contributed by atoms with E-state index in [0.29, 0.717) is 12.2 Å². The van der Waals surface area contributed by atoms with Gasteiger partial charge in [0.1, 0.15) is 5.75 Å². The van der Waals surface area contributed by atoms with E-state index in [0.717, 1.165) is 25.7 Å². The van der Waals surface area contributed by atoms with E-state index >= 15 is 0 Å². The van der Waals surface area contributed by atoms with Gasteiger partial charge in [0.15, 0.2) is 0 Å². The molecule has 0 bridgehead atoms. The number of ether oxygens (including phenoxy) is 1. The van der Waals surface area contributed by atoms with Crippen molar-refractivity contribution in [1.82, 2.24) is 0 Å². The first kappa shape index (κ1) is 13.3. The van der Waals surface area contributed by atoms with Crippen molar-refractivity contribution in [3.8, 4) is 5.75 Å². The lowest BCUT2D eigenvalue weighted by Gasteiger charge is -2.04. The molecule has 1 N–H and O–H groups in total. The molecule has 0 atom stereocenters. The predicted octanol–water partition coefficient (Wildman–Crippen LogP) is 3.30. The smallest absolute Gasteiger partial charge is 0.338 e. The van der Waals surface area contributed by atoms with Crippen molar-refractivity contribution in [3.63, 3.8) is 0 Å². The van der Waals surface area contributed by atoms with Gasteiger partial charge in [0, 0.05) is 0 Å². The Labute approximate surface area is 102 Å². The summed E-state index contributed by atoms with van der Waals surface area (Å²) in [6.07, 6.45) is 5.89. The van der Waals surface area contributed by atoms with Gasteiger partial charge in [0.2, 0.25) is 0 Å². The van der Waals surface area contributed by atoms with Crippen LogP contribution in [-0.4, -0.2) is 17.7 Å². The van der Waals surface area contributed by atoms with Crippen molar-refractivity contribution >= 4 is 5.97 Å². The van der Waals surface area contributed by atoms with Crippen molar-refractivity contribution in [1.29, 1.82) is 0 Å². The Balaban J connectivity index is 2.21. The molecule has 0 aliphatic heterocycles. The Morgan fingerprint density at radius 2 is 1.94 bits per heavy atom. The van der Waals surface area contributed by atoms with Gasteiger partial charge in [0.05, 0.1) is 12.2 Å². The molecular formula is C14H18O3. The average molecular weight is 234 g/mol. The van der Waals surface area contributed by atoms with Crippen LogP contribution >= 0.6 is 0 Å². The highest BCUT2D eigenvalue weighted by atomic mass is 16.5. The van der Waals surface area contributed by atoms with Crippen molar-refractivity contribution in [2.75, 3.05) is 6.61 Å². The van der Waals surface area contributed by atoms with Gasteiger partial charge in [-0.25, -0.2) is 4.79 Å². The van der Waals surface area contributed by atoms with E-state index in [9.17, 15) is 4.79 Å². The van der Waals surface area contributed by atoms with Crippen LogP contribution in [0.3, 0.4) is 0 Å². The first-order chi connectivity index (χ1) is 8.24. The number of rotatable bonds is 7. The second-order valence-corrected chi connectivity index (χ2v) is 3.82. The van der Waals surface area contributed by atoms with Crippen molar-refractivity contribution < 1.29 is 14.6 Å². The summed E-state index contributed by atoms with van der Waals surface area (Å²) in [6.45, 7) is 4.09. The van der Waals surface area contributed by atoms with E-state index in [1.807, 2.05) is 6.08 Å². The molecule has 17 heavy (non-hydrogen) atoms. The summed E-state index contributed by atoms with van der Waals surface area (Å²) in [5.74, 6) is -0.195. The van der Waals surface area contributed by atoms with E-state index in [1.165, 1.54) is 12.1 Å². The number of phenolic OH excluding ortho intramolecular Hbond substituents is 1. The highest BCUT2D eigenvalue weighted by Gasteiger charge is 2.05. The minimum atomic E-state index is -0.339. The second-order valence-electron chi connectivity index (χ2n) is 3.82. The van der Waals surface area contributed by atoms with Gasteiger partial charge in [-0.3, -0.25) is 0 Å². The number of carbonyl (C=O) groups excluding carboxylic acids is 1. The Morgan fingerprint density at radius 1 is 1.24 bits per heavy atom. The molecule has 1 aromatic carbocycles. The van der Waals surface area contributed by atoms with Crippen molar-refractivity contribution in [3.05, 3.63) is 42.5 Å². The van der Waals surface area contributed by atoms with E-state index in [1.54, 1.807) is 12.1 Å². The van der Waals surface area contributed by atoms with Crippen LogP contribution in [0.2, 0.25) is 0 Å². The minimum absolute atomic E-state index is 0.144. The molecule has 3 nitrogen and oxygen atoms in total. The zero-order valence-electron chi connectivity index (χ0n) is 9.89. The zero-order valence-corrected chi connectivity index (χ0v) is 9.89. The van der Waals surface area contributed by atoms with Crippen LogP contribution in [0.15, 0.2) is 36.9 Å². The standard InChI is InChI=1S/C14H18O3/c1-2-3-4-5-6-11-17-14(16)12-7-9-13(15)10-8-12/h2,7-10,15H,1,3-6,11H2. The summed E-state index contributed by atoms with van der Waals surface area (Å²) < 4.78 is 5.10. The van der Waals surface area contributed by atoms with Crippen molar-refractivity contribution in [2.24, 2.45) is 0 Å². The van der Waals surface area contributed by atoms with E-state index in [2.05, 4.69) is 6.58 Å². The number of phenols is 1. The monoisotopic (exact) mass is 234 g/mol. The van der Waals surface area contributed by atoms with Crippen LogP contribution < -0.4 is 0 Å². The summed E-state index contributed by atoms with van der Waals surface area (Å²) in [4.78, 5) is 11.5. The molecule has 0 amide bonds. The van der Waals surface area contributed by atoms with E-state index in [-0.39, 0.29) is 11.7 Å². The number of hydrogen-bond donors (Lipinski definition) is 1. The number of allylic oxidation sites excluding steroid dienone is 1. The molecule has 0 fully saturated rings. The molecule has 0 saturated carbocycles. The van der Waals surface area contributed by atoms with Crippen molar-refractivity contribution in [2.45, 2.75) is 25.7 Å². The van der Waals surface area contributed by atoms with Crippen LogP contribution in [0.25, 0.3) is 0 Å². The first-order valence-corrected chi connectivity index (χ1v) is 5.81. The van der Waals surface area contributed by atoms with Crippen LogP contribution in [0.4, 0.5) is 0 Å². The molecule has 3 heteroatoms. The number of esters is 1. The number of benzene rings is 1. The maximum absolute atomic E-state index is 11.5. The third-order valence-corrected chi connectivity index (χ3v) is 2.39. The minimum Gasteiger partial charge on any atom is -0.508 e. The fourth-order valence-corrected chi connectivity index (χ4v) is 1.41. The van der Waals surface area contributed by atoms with Gasteiger partial charge in [0.25, 0.3) is 0 Å². The quantitative estimate of drug-likeness (QED) is 0.447. The molecule has 1 rings (SSSR count). The Bertz CT molecular complexity index is 354. The van der Waals surface area contributed by atoms with Gasteiger partial charge >= 0.3 is 5.97 Å². The van der Waals surface area contributed by atoms with Gasteiger partial charge in [-0.05, 0) is 49.9 Å². The third kappa shape index (κ3) is 5.20. The second kappa shape index (κ2) is 7.49. The van der Waals surface area contributed by atoms with E-state index in [4.69, 9.17) is 9.84 Å². The molecular weight excluding hydrogens is 216 g/mol. The average Bonchev–Trinajstić information content (AvgIpc) is 2.34. The topological polar surface area (TPSA) is 46.5 Å². The molecule has 0 aromatic heterocycles. The molecule has 1 aromatic rings. The summed E-state index contributed by atoms with van der Waals surface area (Å²) in [7, 11) is 0. The molecule has 0 aliphatic carbocycles. The van der Waals surface area contributed by atoms with Gasteiger partial charge in [-0.15, -0.1) is 6.58 Å². The summed E-state index contributed by atoms with van der Waals surface area (Å²) in [5, 5.41) is 9.07. The summed E-state index contributed by atoms with van der Waals surface area (Å²) in [6, 6.07) is 6.05. The van der Waals surface area contributed by atoms with Crippen LogP contribution in [-0.2, 0) is 4.74 Å². The van der Waals surface area contributed by atoms with Crippen LogP contribution in [0, 0.1) is 0 Å². The molecule has 0 heterocycles. The predicted molar refractivity (Wildman–Crippen MR) is 67.1 cm³/mol. The molecule has 0 saturated heterocycles. The normalized spacial score (nSPS) is 9.88. The van der Waals surface area contributed by atoms with Gasteiger partial charge in [-0.2, -0.15) is 0 Å². The van der Waals surface area contributed by atoms with E-state index < -0.39 is 0 Å². The maximum Gasteiger partial charge on any atom is 0.338 e. The molecule has 0 unspecified atom stereocenters. The number of unbranched alkanes of at least 4 members (excludes halogenated alkanes) is 3. The fourth-order valence-electron chi connectivity index (χ4n) is 1.41.